The molecule has 0 atom stereocenters. The van der Waals surface area contributed by atoms with Crippen molar-refractivity contribution in [1.82, 2.24) is 0 Å². The van der Waals surface area contributed by atoms with Gasteiger partial charge in [-0.25, -0.2) is 0 Å². The van der Waals surface area contributed by atoms with Gasteiger partial charge in [0.15, 0.2) is 0 Å². The normalized spacial score (nSPS) is 11.5. The molecule has 0 saturated carbocycles. The second kappa shape index (κ2) is 8.85. The molecular formula is C26H15Cl4Sb. The standard InChI is InChI=1S/2C10H5Cl2.C6H5.Sb/c2*11-9-6-10(12)8-5-3-1-2-4-7(8)9;1-2-4-6-5-3-1;/h2*1-5H;1-5H;. The molecule has 5 rings (SSSR count). The van der Waals surface area contributed by atoms with E-state index in [0.29, 0.717) is 20.1 Å². The van der Waals surface area contributed by atoms with Gasteiger partial charge >= 0.3 is 210 Å². The van der Waals surface area contributed by atoms with Gasteiger partial charge < -0.3 is 0 Å². The topological polar surface area (TPSA) is 0 Å². The molecule has 0 fully saturated rings. The SMILES string of the molecule is Clc1c2cccccc-2c(Cl)[c]1[Sb]([c]1ccccc1)[c]1c(Cl)c2cccccc-2c1Cl. The minimum absolute atomic E-state index is 0.700. The van der Waals surface area contributed by atoms with Crippen LogP contribution in [0.3, 0.4) is 0 Å². The molecule has 152 valence electrons. The maximum atomic E-state index is 7.02. The molecule has 0 unspecified atom stereocenters. The van der Waals surface area contributed by atoms with Gasteiger partial charge in [0.05, 0.1) is 0 Å². The van der Waals surface area contributed by atoms with Crippen LogP contribution in [0.25, 0.3) is 22.3 Å². The van der Waals surface area contributed by atoms with Crippen molar-refractivity contribution >= 4 is 77.1 Å². The molecule has 0 bridgehead atoms. The van der Waals surface area contributed by atoms with E-state index in [4.69, 9.17) is 46.4 Å². The molecule has 31 heavy (non-hydrogen) atoms. The fourth-order valence-electron chi connectivity index (χ4n) is 3.90. The quantitative estimate of drug-likeness (QED) is 0.198. The number of hydrogen-bond donors (Lipinski definition) is 0. The van der Waals surface area contributed by atoms with Crippen LogP contribution in [0.1, 0.15) is 0 Å². The van der Waals surface area contributed by atoms with E-state index < -0.39 is 20.2 Å². The Morgan fingerprint density at radius 1 is 0.387 bits per heavy atom. The third kappa shape index (κ3) is 3.64. The molecule has 0 N–H and O–H groups in total. The first-order valence-corrected chi connectivity index (χ1v) is 15.0. The van der Waals surface area contributed by atoms with Crippen LogP contribution >= 0.6 is 46.4 Å². The Labute approximate surface area is 209 Å². The van der Waals surface area contributed by atoms with Crippen LogP contribution in [0.2, 0.25) is 20.1 Å². The number of fused-ring (bicyclic) bond motifs is 2. The molecule has 0 aliphatic heterocycles. The Morgan fingerprint density at radius 3 is 1.00 bits per heavy atom. The first-order valence-electron chi connectivity index (χ1n) is 9.66. The minimum atomic E-state index is -2.80. The summed E-state index contributed by atoms with van der Waals surface area (Å²) in [5, 5.41) is 2.80. The number of halogens is 4. The van der Waals surface area contributed by atoms with Gasteiger partial charge in [-0.3, -0.25) is 0 Å². The number of rotatable bonds is 3. The Hall–Kier alpha value is -1.40. The van der Waals surface area contributed by atoms with E-state index in [1.807, 2.05) is 78.9 Å². The van der Waals surface area contributed by atoms with Crippen molar-refractivity contribution in [3.05, 3.63) is 111 Å². The molecular weight excluding hydrogens is 576 g/mol. The van der Waals surface area contributed by atoms with Crippen LogP contribution in [0.15, 0.2) is 91.0 Å². The van der Waals surface area contributed by atoms with Gasteiger partial charge in [-0.15, -0.1) is 0 Å². The number of benzene rings is 1. The molecule has 0 radical (unpaired) electrons. The van der Waals surface area contributed by atoms with E-state index >= 15 is 0 Å². The Balaban J connectivity index is 1.89. The molecule has 1 aromatic rings. The summed E-state index contributed by atoms with van der Waals surface area (Å²) in [6.45, 7) is 0. The summed E-state index contributed by atoms with van der Waals surface area (Å²) >= 11 is 25.3. The average molecular weight is 591 g/mol. The van der Waals surface area contributed by atoms with Gasteiger partial charge in [0, 0.05) is 0 Å². The van der Waals surface area contributed by atoms with E-state index in [9.17, 15) is 0 Å². The van der Waals surface area contributed by atoms with Crippen molar-refractivity contribution in [2.24, 2.45) is 0 Å². The summed E-state index contributed by atoms with van der Waals surface area (Å²) in [5.74, 6) is 0. The van der Waals surface area contributed by atoms with Gasteiger partial charge in [0.25, 0.3) is 0 Å². The zero-order chi connectivity index (χ0) is 21.5. The zero-order valence-corrected chi connectivity index (χ0v) is 21.7. The Bertz CT molecular complexity index is 1170. The van der Waals surface area contributed by atoms with Gasteiger partial charge in [0.1, 0.15) is 0 Å². The van der Waals surface area contributed by atoms with Crippen LogP contribution in [-0.4, -0.2) is 20.2 Å². The molecule has 0 saturated heterocycles. The molecule has 4 aliphatic carbocycles. The van der Waals surface area contributed by atoms with Crippen molar-refractivity contribution < 1.29 is 0 Å². The van der Waals surface area contributed by atoms with E-state index in [1.54, 1.807) is 0 Å². The zero-order valence-electron chi connectivity index (χ0n) is 16.1. The van der Waals surface area contributed by atoms with Crippen LogP contribution in [0.4, 0.5) is 0 Å². The summed E-state index contributed by atoms with van der Waals surface area (Å²) in [6.07, 6.45) is 0. The maximum absolute atomic E-state index is 7.02. The van der Waals surface area contributed by atoms with Crippen molar-refractivity contribution in [3.8, 4) is 22.3 Å². The second-order valence-electron chi connectivity index (χ2n) is 7.10. The third-order valence-corrected chi connectivity index (χ3v) is 15.9. The van der Waals surface area contributed by atoms with E-state index in [1.165, 1.54) is 3.51 Å². The van der Waals surface area contributed by atoms with Gasteiger partial charge in [-0.1, -0.05) is 0 Å². The monoisotopic (exact) mass is 588 g/mol. The van der Waals surface area contributed by atoms with Crippen LogP contribution in [0.5, 0.6) is 0 Å². The Kier molecular flexibility index (Phi) is 6.13. The summed E-state index contributed by atoms with van der Waals surface area (Å²) in [6, 6.07) is 30.3. The van der Waals surface area contributed by atoms with Crippen molar-refractivity contribution in [2.75, 3.05) is 0 Å². The van der Waals surface area contributed by atoms with Crippen molar-refractivity contribution in [1.29, 1.82) is 0 Å². The summed E-state index contributed by atoms with van der Waals surface area (Å²) in [4.78, 5) is 0. The van der Waals surface area contributed by atoms with Crippen molar-refractivity contribution in [3.63, 3.8) is 0 Å². The molecule has 1 aromatic carbocycles. The second-order valence-corrected chi connectivity index (χ2v) is 14.6. The van der Waals surface area contributed by atoms with E-state index in [-0.39, 0.29) is 0 Å². The molecule has 0 heterocycles. The van der Waals surface area contributed by atoms with Gasteiger partial charge in [-0.05, 0) is 0 Å². The predicted octanol–water partition coefficient (Wildman–Crippen LogP) is 7.03. The predicted molar refractivity (Wildman–Crippen MR) is 137 cm³/mol. The molecule has 0 amide bonds. The number of hydrogen-bond acceptors (Lipinski definition) is 0. The fraction of sp³-hybridized carbons (Fsp3) is 0. The summed E-state index contributed by atoms with van der Waals surface area (Å²) < 4.78 is 3.21. The summed E-state index contributed by atoms with van der Waals surface area (Å²) in [7, 11) is 0. The van der Waals surface area contributed by atoms with Crippen LogP contribution in [0, 0.1) is 0 Å². The van der Waals surface area contributed by atoms with Crippen molar-refractivity contribution in [2.45, 2.75) is 0 Å². The third-order valence-electron chi connectivity index (χ3n) is 5.32. The van der Waals surface area contributed by atoms with E-state index in [0.717, 1.165) is 29.3 Å². The first-order chi connectivity index (χ1) is 15.1. The Morgan fingerprint density at radius 2 is 0.677 bits per heavy atom. The van der Waals surface area contributed by atoms with Crippen LogP contribution < -0.4 is 10.5 Å². The molecule has 0 nitrogen and oxygen atoms in total. The fourth-order valence-corrected chi connectivity index (χ4v) is 14.4. The van der Waals surface area contributed by atoms with Gasteiger partial charge in [-0.2, -0.15) is 0 Å². The average Bonchev–Trinajstić information content (AvgIpc) is 3.06. The molecule has 5 heteroatoms. The first kappa shape index (κ1) is 21.4. The van der Waals surface area contributed by atoms with Crippen LogP contribution in [-0.2, 0) is 0 Å². The van der Waals surface area contributed by atoms with E-state index in [2.05, 4.69) is 12.1 Å². The molecule has 0 spiro atoms. The van der Waals surface area contributed by atoms with Gasteiger partial charge in [0.2, 0.25) is 0 Å². The summed E-state index contributed by atoms with van der Waals surface area (Å²) in [5.41, 5.74) is 3.80. The molecule has 0 aromatic heterocycles. The molecule has 4 aliphatic rings.